The van der Waals surface area contributed by atoms with E-state index in [0.29, 0.717) is 28.7 Å². The SMILES string of the molecule is CCN1CC=C(c2[nH]c3cccc(NC=O)c3c2OP(=O)(O)O)CC1. The number of nitrogens with one attached hydrogen (secondary N) is 2. The monoisotopic (exact) mass is 365 g/mol. The lowest BCUT2D eigenvalue weighted by Crippen LogP contribution is -2.28. The summed E-state index contributed by atoms with van der Waals surface area (Å²) in [4.78, 5) is 35.0. The van der Waals surface area contributed by atoms with Crippen LogP contribution in [0.5, 0.6) is 5.75 Å². The van der Waals surface area contributed by atoms with Gasteiger partial charge in [-0.25, -0.2) is 4.57 Å². The summed E-state index contributed by atoms with van der Waals surface area (Å²) in [7, 11) is -4.77. The van der Waals surface area contributed by atoms with Crippen molar-refractivity contribution in [1.29, 1.82) is 0 Å². The molecule has 0 bridgehead atoms. The Bertz CT molecular complexity index is 870. The minimum Gasteiger partial charge on any atom is -0.401 e. The lowest BCUT2D eigenvalue weighted by Gasteiger charge is -2.24. The molecule has 134 valence electrons. The number of rotatable bonds is 6. The van der Waals surface area contributed by atoms with Crippen LogP contribution < -0.4 is 9.84 Å². The number of aromatic amines is 1. The number of likely N-dealkylation sites (N-methyl/N-ethyl adjacent to an activating group) is 1. The first-order valence-electron chi connectivity index (χ1n) is 7.94. The number of anilines is 1. The molecule has 1 aromatic carbocycles. The van der Waals surface area contributed by atoms with Gasteiger partial charge in [0.15, 0.2) is 5.75 Å². The van der Waals surface area contributed by atoms with E-state index in [4.69, 9.17) is 4.52 Å². The molecule has 0 saturated heterocycles. The summed E-state index contributed by atoms with van der Waals surface area (Å²) >= 11 is 0. The largest absolute Gasteiger partial charge is 0.524 e. The van der Waals surface area contributed by atoms with Crippen LogP contribution in [0.3, 0.4) is 0 Å². The van der Waals surface area contributed by atoms with Crippen molar-refractivity contribution in [3.63, 3.8) is 0 Å². The third kappa shape index (κ3) is 3.77. The second kappa shape index (κ2) is 7.01. The van der Waals surface area contributed by atoms with Gasteiger partial charge in [0, 0.05) is 13.1 Å². The Kier molecular flexibility index (Phi) is 4.96. The summed E-state index contributed by atoms with van der Waals surface area (Å²) in [6.07, 6.45) is 3.27. The first kappa shape index (κ1) is 17.7. The molecule has 4 N–H and O–H groups in total. The van der Waals surface area contributed by atoms with E-state index in [1.54, 1.807) is 18.2 Å². The van der Waals surface area contributed by atoms with E-state index in [9.17, 15) is 19.1 Å². The van der Waals surface area contributed by atoms with Crippen LogP contribution in [0.2, 0.25) is 0 Å². The number of H-pyrrole nitrogens is 1. The van der Waals surface area contributed by atoms with Crippen LogP contribution in [-0.2, 0) is 9.36 Å². The van der Waals surface area contributed by atoms with E-state index in [1.807, 2.05) is 6.08 Å². The molecule has 0 unspecified atom stereocenters. The fourth-order valence-electron chi connectivity index (χ4n) is 3.06. The Morgan fingerprint density at radius 3 is 2.84 bits per heavy atom. The van der Waals surface area contributed by atoms with Crippen LogP contribution >= 0.6 is 7.82 Å². The van der Waals surface area contributed by atoms with Gasteiger partial charge < -0.3 is 14.8 Å². The van der Waals surface area contributed by atoms with Gasteiger partial charge in [-0.05, 0) is 30.7 Å². The average molecular weight is 365 g/mol. The molecule has 1 aliphatic heterocycles. The Morgan fingerprint density at radius 1 is 1.44 bits per heavy atom. The molecule has 0 spiro atoms. The predicted octanol–water partition coefficient (Wildman–Crippen LogP) is 2.32. The number of phosphoric acid groups is 1. The zero-order valence-corrected chi connectivity index (χ0v) is 14.6. The van der Waals surface area contributed by atoms with Crippen LogP contribution in [0.15, 0.2) is 24.3 Å². The number of aromatic nitrogens is 1. The highest BCUT2D eigenvalue weighted by Gasteiger charge is 2.26. The third-order valence-corrected chi connectivity index (χ3v) is 4.68. The van der Waals surface area contributed by atoms with E-state index >= 15 is 0 Å². The Morgan fingerprint density at radius 2 is 2.24 bits per heavy atom. The lowest BCUT2D eigenvalue weighted by atomic mass is 10.0. The number of carbonyl (C=O) groups is 1. The van der Waals surface area contributed by atoms with Crippen LogP contribution in [0.4, 0.5) is 5.69 Å². The van der Waals surface area contributed by atoms with Gasteiger partial charge in [0.2, 0.25) is 6.41 Å². The van der Waals surface area contributed by atoms with Gasteiger partial charge in [0.05, 0.1) is 22.3 Å². The van der Waals surface area contributed by atoms with Crippen molar-refractivity contribution in [2.45, 2.75) is 13.3 Å². The minimum atomic E-state index is -4.77. The Balaban J connectivity index is 2.16. The summed E-state index contributed by atoms with van der Waals surface area (Å²) in [6.45, 7) is 4.64. The number of amides is 1. The Labute approximate surface area is 144 Å². The van der Waals surface area contributed by atoms with Crippen LogP contribution in [-0.4, -0.2) is 45.7 Å². The summed E-state index contributed by atoms with van der Waals surface area (Å²) in [5.74, 6) is 0.0597. The lowest BCUT2D eigenvalue weighted by molar-refractivity contribution is -0.105. The third-order valence-electron chi connectivity index (χ3n) is 4.26. The highest BCUT2D eigenvalue weighted by atomic mass is 31.2. The van der Waals surface area contributed by atoms with Crippen molar-refractivity contribution >= 4 is 36.4 Å². The van der Waals surface area contributed by atoms with Gasteiger partial charge in [-0.1, -0.05) is 19.1 Å². The molecule has 1 amide bonds. The molecule has 3 rings (SSSR count). The van der Waals surface area contributed by atoms with Crippen molar-refractivity contribution in [3.05, 3.63) is 30.0 Å². The predicted molar refractivity (Wildman–Crippen MR) is 95.4 cm³/mol. The normalized spacial score (nSPS) is 15.9. The van der Waals surface area contributed by atoms with Gasteiger partial charge in [0.1, 0.15) is 0 Å². The quantitative estimate of drug-likeness (QED) is 0.461. The molecule has 9 heteroatoms. The number of phosphoric ester groups is 1. The molecular weight excluding hydrogens is 345 g/mol. The maximum atomic E-state index is 11.5. The molecule has 8 nitrogen and oxygen atoms in total. The average Bonchev–Trinajstić information content (AvgIpc) is 2.93. The minimum absolute atomic E-state index is 0.0597. The molecule has 0 saturated carbocycles. The molecule has 2 aromatic rings. The van der Waals surface area contributed by atoms with Crippen LogP contribution in [0.25, 0.3) is 16.5 Å². The highest BCUT2D eigenvalue weighted by molar-refractivity contribution is 7.46. The van der Waals surface area contributed by atoms with E-state index in [1.165, 1.54) is 0 Å². The number of benzene rings is 1. The van der Waals surface area contributed by atoms with Gasteiger partial charge in [-0.2, -0.15) is 0 Å². The summed E-state index contributed by atoms with van der Waals surface area (Å²) < 4.78 is 16.5. The smallest absolute Gasteiger partial charge is 0.401 e. The van der Waals surface area contributed by atoms with E-state index in [-0.39, 0.29) is 5.75 Å². The molecule has 1 aliphatic rings. The highest BCUT2D eigenvalue weighted by Crippen LogP contribution is 2.47. The van der Waals surface area contributed by atoms with E-state index in [0.717, 1.165) is 31.6 Å². The summed E-state index contributed by atoms with van der Waals surface area (Å²) in [6, 6.07) is 5.15. The Hall–Kier alpha value is -2.12. The van der Waals surface area contributed by atoms with Crippen LogP contribution in [0, 0.1) is 0 Å². The molecule has 1 aromatic heterocycles. The van der Waals surface area contributed by atoms with Crippen molar-refractivity contribution in [2.24, 2.45) is 0 Å². The maximum absolute atomic E-state index is 11.5. The first-order chi connectivity index (χ1) is 11.9. The van der Waals surface area contributed by atoms with Crippen LogP contribution in [0.1, 0.15) is 19.0 Å². The fraction of sp³-hybridized carbons (Fsp3) is 0.312. The first-order valence-corrected chi connectivity index (χ1v) is 9.47. The molecule has 0 radical (unpaired) electrons. The van der Waals surface area contributed by atoms with E-state index < -0.39 is 7.82 Å². The topological polar surface area (TPSA) is 115 Å². The zero-order valence-electron chi connectivity index (χ0n) is 13.7. The number of nitrogens with zero attached hydrogens (tertiary/aromatic N) is 1. The summed E-state index contributed by atoms with van der Waals surface area (Å²) in [5.41, 5.74) is 2.52. The maximum Gasteiger partial charge on any atom is 0.524 e. The van der Waals surface area contributed by atoms with Crippen molar-refractivity contribution in [1.82, 2.24) is 9.88 Å². The summed E-state index contributed by atoms with van der Waals surface area (Å²) in [5, 5.41) is 2.98. The molecule has 0 fully saturated rings. The van der Waals surface area contributed by atoms with Crippen molar-refractivity contribution < 1.29 is 23.7 Å². The van der Waals surface area contributed by atoms with E-state index in [2.05, 4.69) is 22.1 Å². The fourth-order valence-corrected chi connectivity index (χ4v) is 3.48. The number of fused-ring (bicyclic) bond motifs is 1. The van der Waals surface area contributed by atoms with Crippen molar-refractivity contribution in [3.8, 4) is 5.75 Å². The standard InChI is InChI=1S/C16H20N3O5P/c1-2-19-8-6-11(7-9-19)15-16(24-25(21,22)23)14-12(17-10-20)4-3-5-13(14)18-15/h3-6,10,18H,2,7-9H2,1H3,(H,17,20)(H2,21,22,23). The number of carbonyl (C=O) groups excluding carboxylic acids is 1. The van der Waals surface area contributed by atoms with Gasteiger partial charge in [-0.15, -0.1) is 0 Å². The van der Waals surface area contributed by atoms with Crippen molar-refractivity contribution in [2.75, 3.05) is 25.0 Å². The number of hydrogen-bond acceptors (Lipinski definition) is 4. The second-order valence-corrected chi connectivity index (χ2v) is 6.94. The van der Waals surface area contributed by atoms with Gasteiger partial charge >= 0.3 is 7.82 Å². The number of hydrogen-bond donors (Lipinski definition) is 4. The van der Waals surface area contributed by atoms with Gasteiger partial charge in [-0.3, -0.25) is 19.5 Å². The van der Waals surface area contributed by atoms with Gasteiger partial charge in [0.25, 0.3) is 0 Å². The molecular formula is C16H20N3O5P. The zero-order chi connectivity index (χ0) is 18.0. The molecule has 0 aliphatic carbocycles. The molecule has 2 heterocycles. The molecule has 0 atom stereocenters. The second-order valence-electron chi connectivity index (χ2n) is 5.77. The molecule has 25 heavy (non-hydrogen) atoms.